The average Bonchev–Trinajstić information content (AvgIpc) is 2.33. The van der Waals surface area contributed by atoms with Gasteiger partial charge in [-0.3, -0.25) is 0 Å². The molecule has 0 amide bonds. The van der Waals surface area contributed by atoms with Crippen LogP contribution in [0, 0.1) is 5.41 Å². The first-order valence-electron chi connectivity index (χ1n) is 7.30. The fraction of sp³-hybridized carbons (Fsp3) is 0.647. The van der Waals surface area contributed by atoms with Crippen LogP contribution in [-0.2, 0) is 4.74 Å². The van der Waals surface area contributed by atoms with Gasteiger partial charge in [-0.2, -0.15) is 0 Å². The number of aliphatic hydroxyl groups is 1. The molecule has 0 aliphatic rings. The monoisotopic (exact) mass is 280 g/mol. The lowest BCUT2D eigenvalue weighted by molar-refractivity contribution is 0.0263. The van der Waals surface area contributed by atoms with Gasteiger partial charge in [0.2, 0.25) is 0 Å². The molecule has 0 aliphatic heterocycles. The number of rotatable bonds is 7. The fourth-order valence-corrected chi connectivity index (χ4v) is 1.71. The first-order valence-corrected chi connectivity index (χ1v) is 7.30. The number of benzene rings is 1. The van der Waals surface area contributed by atoms with E-state index >= 15 is 0 Å². The molecule has 3 heteroatoms. The summed E-state index contributed by atoms with van der Waals surface area (Å²) in [5.74, 6) is 0.824. The molecule has 1 aromatic rings. The van der Waals surface area contributed by atoms with Crippen molar-refractivity contribution in [1.29, 1.82) is 0 Å². The highest BCUT2D eigenvalue weighted by molar-refractivity contribution is 5.28. The Hall–Kier alpha value is -1.06. The zero-order chi connectivity index (χ0) is 15.2. The van der Waals surface area contributed by atoms with Crippen molar-refractivity contribution in [2.24, 2.45) is 5.41 Å². The van der Waals surface area contributed by atoms with Gasteiger partial charge in [0.05, 0.1) is 12.7 Å². The molecule has 20 heavy (non-hydrogen) atoms. The van der Waals surface area contributed by atoms with Crippen LogP contribution in [0.4, 0.5) is 0 Å². The maximum atomic E-state index is 10.1. The number of hydrogen-bond donors (Lipinski definition) is 1. The standard InChI is InChI=1S/C17H28O3/c1-13(2)20-15-8-6-14(7-9-15)16(18)12-19-11-10-17(3,4)5/h6-9,13,16,18H,10-12H2,1-5H3. The Morgan fingerprint density at radius 1 is 1.10 bits per heavy atom. The molecule has 1 rings (SSSR count). The molecule has 114 valence electrons. The van der Waals surface area contributed by atoms with Gasteiger partial charge in [-0.1, -0.05) is 32.9 Å². The molecule has 0 fully saturated rings. The molecule has 0 saturated heterocycles. The second-order valence-electron chi connectivity index (χ2n) is 6.64. The van der Waals surface area contributed by atoms with Crippen molar-refractivity contribution < 1.29 is 14.6 Å². The minimum Gasteiger partial charge on any atom is -0.491 e. The van der Waals surface area contributed by atoms with E-state index in [4.69, 9.17) is 9.47 Å². The molecule has 0 aliphatic carbocycles. The van der Waals surface area contributed by atoms with Crippen LogP contribution in [0.25, 0.3) is 0 Å². The first kappa shape index (κ1) is 17.0. The number of ether oxygens (including phenoxy) is 2. The molecule has 3 nitrogen and oxygen atoms in total. The van der Waals surface area contributed by atoms with E-state index in [1.54, 1.807) is 0 Å². The predicted molar refractivity (Wildman–Crippen MR) is 82.1 cm³/mol. The lowest BCUT2D eigenvalue weighted by Crippen LogP contribution is -2.13. The van der Waals surface area contributed by atoms with Crippen LogP contribution in [0.15, 0.2) is 24.3 Å². The summed E-state index contributed by atoms with van der Waals surface area (Å²) in [6, 6.07) is 7.53. The van der Waals surface area contributed by atoms with E-state index in [9.17, 15) is 5.11 Å². The van der Waals surface area contributed by atoms with Gasteiger partial charge in [0.25, 0.3) is 0 Å². The van der Waals surface area contributed by atoms with Crippen molar-refractivity contribution in [2.75, 3.05) is 13.2 Å². The van der Waals surface area contributed by atoms with E-state index in [0.29, 0.717) is 13.2 Å². The van der Waals surface area contributed by atoms with E-state index < -0.39 is 6.10 Å². The third kappa shape index (κ3) is 6.92. The Kier molecular flexibility index (Phi) is 6.50. The molecule has 0 spiro atoms. The van der Waals surface area contributed by atoms with Crippen LogP contribution in [0.2, 0.25) is 0 Å². The van der Waals surface area contributed by atoms with E-state index in [0.717, 1.165) is 17.7 Å². The van der Waals surface area contributed by atoms with Crippen molar-refractivity contribution in [1.82, 2.24) is 0 Å². The summed E-state index contributed by atoms with van der Waals surface area (Å²) in [5.41, 5.74) is 1.12. The van der Waals surface area contributed by atoms with Crippen molar-refractivity contribution in [2.45, 2.75) is 53.2 Å². The van der Waals surface area contributed by atoms with Gasteiger partial charge in [0.15, 0.2) is 0 Å². The highest BCUT2D eigenvalue weighted by Gasteiger charge is 2.12. The number of aliphatic hydroxyl groups excluding tert-OH is 1. The van der Waals surface area contributed by atoms with Gasteiger partial charge in [-0.05, 0) is 43.4 Å². The largest absolute Gasteiger partial charge is 0.491 e. The summed E-state index contributed by atoms with van der Waals surface area (Å²) in [4.78, 5) is 0. The molecule has 1 N–H and O–H groups in total. The summed E-state index contributed by atoms with van der Waals surface area (Å²) >= 11 is 0. The minimum atomic E-state index is -0.580. The average molecular weight is 280 g/mol. The summed E-state index contributed by atoms with van der Waals surface area (Å²) in [6.45, 7) is 11.5. The van der Waals surface area contributed by atoms with Gasteiger partial charge in [0, 0.05) is 6.61 Å². The second kappa shape index (κ2) is 7.65. The van der Waals surface area contributed by atoms with E-state index in [-0.39, 0.29) is 11.5 Å². The smallest absolute Gasteiger partial charge is 0.119 e. The quantitative estimate of drug-likeness (QED) is 0.768. The minimum absolute atomic E-state index is 0.159. The number of hydrogen-bond acceptors (Lipinski definition) is 3. The Bertz CT molecular complexity index is 376. The molecule has 0 heterocycles. The predicted octanol–water partition coefficient (Wildman–Crippen LogP) is 3.96. The third-order valence-corrected chi connectivity index (χ3v) is 2.91. The topological polar surface area (TPSA) is 38.7 Å². The summed E-state index contributed by atoms with van der Waals surface area (Å²) in [7, 11) is 0. The Balaban J connectivity index is 2.38. The maximum absolute atomic E-state index is 10.1. The van der Waals surface area contributed by atoms with Crippen LogP contribution in [0.3, 0.4) is 0 Å². The Morgan fingerprint density at radius 2 is 1.70 bits per heavy atom. The SMILES string of the molecule is CC(C)Oc1ccc(C(O)COCCC(C)(C)C)cc1. The van der Waals surface area contributed by atoms with E-state index in [2.05, 4.69) is 20.8 Å². The van der Waals surface area contributed by atoms with Crippen LogP contribution in [0.1, 0.15) is 52.7 Å². The van der Waals surface area contributed by atoms with E-state index in [1.807, 2.05) is 38.1 Å². The van der Waals surface area contributed by atoms with Gasteiger partial charge in [-0.15, -0.1) is 0 Å². The van der Waals surface area contributed by atoms with Crippen LogP contribution in [-0.4, -0.2) is 24.4 Å². The summed E-state index contributed by atoms with van der Waals surface area (Å²) in [5, 5.41) is 10.1. The van der Waals surface area contributed by atoms with Gasteiger partial charge in [0.1, 0.15) is 11.9 Å². The van der Waals surface area contributed by atoms with Gasteiger partial charge >= 0.3 is 0 Å². The van der Waals surface area contributed by atoms with Crippen molar-refractivity contribution in [3.8, 4) is 5.75 Å². The second-order valence-corrected chi connectivity index (χ2v) is 6.64. The molecular weight excluding hydrogens is 252 g/mol. The van der Waals surface area contributed by atoms with Crippen LogP contribution in [0.5, 0.6) is 5.75 Å². The van der Waals surface area contributed by atoms with Crippen molar-refractivity contribution in [3.05, 3.63) is 29.8 Å². The van der Waals surface area contributed by atoms with Crippen molar-refractivity contribution >= 4 is 0 Å². The molecule has 1 unspecified atom stereocenters. The third-order valence-electron chi connectivity index (χ3n) is 2.91. The lowest BCUT2D eigenvalue weighted by Gasteiger charge is -2.19. The van der Waals surface area contributed by atoms with Crippen LogP contribution < -0.4 is 4.74 Å². The maximum Gasteiger partial charge on any atom is 0.119 e. The highest BCUT2D eigenvalue weighted by Crippen LogP contribution is 2.21. The first-order chi connectivity index (χ1) is 9.28. The highest BCUT2D eigenvalue weighted by atomic mass is 16.5. The summed E-state index contributed by atoms with van der Waals surface area (Å²) < 4.78 is 11.1. The normalized spacial score (nSPS) is 13.6. The summed E-state index contributed by atoms with van der Waals surface area (Å²) in [6.07, 6.45) is 0.565. The molecule has 1 atom stereocenters. The zero-order valence-electron chi connectivity index (χ0n) is 13.3. The molecule has 0 radical (unpaired) electrons. The van der Waals surface area contributed by atoms with Crippen LogP contribution >= 0.6 is 0 Å². The fourth-order valence-electron chi connectivity index (χ4n) is 1.71. The molecular formula is C17H28O3. The molecule has 0 bridgehead atoms. The lowest BCUT2D eigenvalue weighted by atomic mass is 9.93. The Morgan fingerprint density at radius 3 is 2.20 bits per heavy atom. The van der Waals surface area contributed by atoms with E-state index in [1.165, 1.54) is 0 Å². The Labute approximate surface area is 122 Å². The zero-order valence-corrected chi connectivity index (χ0v) is 13.3. The molecule has 1 aromatic carbocycles. The molecule has 0 saturated carbocycles. The van der Waals surface area contributed by atoms with Crippen molar-refractivity contribution in [3.63, 3.8) is 0 Å². The van der Waals surface area contributed by atoms with Gasteiger partial charge in [-0.25, -0.2) is 0 Å². The molecule has 0 aromatic heterocycles. The van der Waals surface area contributed by atoms with Gasteiger partial charge < -0.3 is 14.6 Å².